The SMILES string of the molecule is CCCCCCCC(=O)CC1CCNC1. The lowest BCUT2D eigenvalue weighted by Gasteiger charge is -2.06. The van der Waals surface area contributed by atoms with Crippen LogP contribution in [0, 0.1) is 5.92 Å². The van der Waals surface area contributed by atoms with Gasteiger partial charge in [0, 0.05) is 12.8 Å². The highest BCUT2D eigenvalue weighted by molar-refractivity contribution is 5.78. The maximum Gasteiger partial charge on any atom is 0.133 e. The largest absolute Gasteiger partial charge is 0.316 e. The highest BCUT2D eigenvalue weighted by atomic mass is 16.1. The normalized spacial score (nSPS) is 20.7. The summed E-state index contributed by atoms with van der Waals surface area (Å²) in [5.74, 6) is 1.12. The standard InChI is InChI=1S/C13H25NO/c1-2-3-4-5-6-7-13(15)10-12-8-9-14-11-12/h12,14H,2-11H2,1H3. The molecule has 0 saturated carbocycles. The number of unbranched alkanes of at least 4 members (excludes halogenated alkanes) is 4. The molecule has 0 radical (unpaired) electrons. The summed E-state index contributed by atoms with van der Waals surface area (Å²) < 4.78 is 0. The molecule has 15 heavy (non-hydrogen) atoms. The van der Waals surface area contributed by atoms with Crippen LogP contribution in [-0.2, 0) is 4.79 Å². The lowest BCUT2D eigenvalue weighted by atomic mass is 9.98. The molecule has 0 aromatic rings. The third-order valence-corrected chi connectivity index (χ3v) is 3.24. The second kappa shape index (κ2) is 7.86. The van der Waals surface area contributed by atoms with E-state index in [4.69, 9.17) is 0 Å². The first-order valence-electron chi connectivity index (χ1n) is 6.55. The first-order valence-corrected chi connectivity index (χ1v) is 6.55. The number of hydrogen-bond donors (Lipinski definition) is 1. The summed E-state index contributed by atoms with van der Waals surface area (Å²) in [6, 6.07) is 0. The van der Waals surface area contributed by atoms with E-state index in [1.807, 2.05) is 0 Å². The zero-order chi connectivity index (χ0) is 10.9. The number of hydrogen-bond acceptors (Lipinski definition) is 2. The molecule has 1 rings (SSSR count). The van der Waals surface area contributed by atoms with Crippen LogP contribution in [-0.4, -0.2) is 18.9 Å². The Morgan fingerprint density at radius 2 is 2.07 bits per heavy atom. The Kier molecular flexibility index (Phi) is 6.66. The van der Waals surface area contributed by atoms with Gasteiger partial charge in [-0.05, 0) is 31.8 Å². The van der Waals surface area contributed by atoms with E-state index in [0.29, 0.717) is 11.7 Å². The topological polar surface area (TPSA) is 29.1 Å². The van der Waals surface area contributed by atoms with Crippen LogP contribution in [0.1, 0.15) is 58.3 Å². The molecule has 1 N–H and O–H groups in total. The predicted molar refractivity (Wildman–Crippen MR) is 64.0 cm³/mol. The lowest BCUT2D eigenvalue weighted by Crippen LogP contribution is -2.12. The number of carbonyl (C=O) groups is 1. The van der Waals surface area contributed by atoms with Crippen LogP contribution >= 0.6 is 0 Å². The number of ketones is 1. The van der Waals surface area contributed by atoms with Crippen molar-refractivity contribution in [1.82, 2.24) is 5.32 Å². The van der Waals surface area contributed by atoms with Crippen molar-refractivity contribution in [3.63, 3.8) is 0 Å². The summed E-state index contributed by atoms with van der Waals surface area (Å²) in [7, 11) is 0. The summed E-state index contributed by atoms with van der Waals surface area (Å²) >= 11 is 0. The number of Topliss-reactive ketones (excluding diaryl/α,β-unsaturated/α-hetero) is 1. The summed E-state index contributed by atoms with van der Waals surface area (Å²) in [6.07, 6.45) is 9.08. The van der Waals surface area contributed by atoms with E-state index in [9.17, 15) is 4.79 Å². The monoisotopic (exact) mass is 211 g/mol. The molecule has 1 atom stereocenters. The second-order valence-electron chi connectivity index (χ2n) is 4.77. The summed E-state index contributed by atoms with van der Waals surface area (Å²) in [4.78, 5) is 11.6. The Bertz CT molecular complexity index is 173. The van der Waals surface area contributed by atoms with E-state index < -0.39 is 0 Å². The zero-order valence-electron chi connectivity index (χ0n) is 10.1. The number of carbonyl (C=O) groups excluding carboxylic acids is 1. The fourth-order valence-corrected chi connectivity index (χ4v) is 2.24. The Labute approximate surface area is 93.8 Å². The van der Waals surface area contributed by atoms with E-state index >= 15 is 0 Å². The molecule has 1 aliphatic heterocycles. The van der Waals surface area contributed by atoms with E-state index in [1.165, 1.54) is 32.1 Å². The molecule has 0 bridgehead atoms. The van der Waals surface area contributed by atoms with Gasteiger partial charge in [0.25, 0.3) is 0 Å². The van der Waals surface area contributed by atoms with Gasteiger partial charge in [-0.15, -0.1) is 0 Å². The molecule has 1 aliphatic rings. The highest BCUT2D eigenvalue weighted by Gasteiger charge is 2.17. The van der Waals surface area contributed by atoms with Gasteiger partial charge in [0.05, 0.1) is 0 Å². The molecular weight excluding hydrogens is 186 g/mol. The van der Waals surface area contributed by atoms with Crippen LogP contribution in [0.25, 0.3) is 0 Å². The Balaban J connectivity index is 1.93. The molecule has 1 unspecified atom stereocenters. The quantitative estimate of drug-likeness (QED) is 0.625. The zero-order valence-corrected chi connectivity index (χ0v) is 10.1. The van der Waals surface area contributed by atoms with Gasteiger partial charge in [-0.2, -0.15) is 0 Å². The fraction of sp³-hybridized carbons (Fsp3) is 0.923. The Morgan fingerprint density at radius 3 is 2.73 bits per heavy atom. The van der Waals surface area contributed by atoms with Crippen molar-refractivity contribution in [2.24, 2.45) is 5.92 Å². The summed E-state index contributed by atoms with van der Waals surface area (Å²) in [5.41, 5.74) is 0. The third kappa shape index (κ3) is 5.93. The van der Waals surface area contributed by atoms with Gasteiger partial charge in [0.2, 0.25) is 0 Å². The predicted octanol–water partition coefficient (Wildman–Crippen LogP) is 2.92. The van der Waals surface area contributed by atoms with Gasteiger partial charge >= 0.3 is 0 Å². The van der Waals surface area contributed by atoms with E-state index in [0.717, 1.165) is 32.4 Å². The first kappa shape index (κ1) is 12.7. The molecule has 0 aromatic heterocycles. The summed E-state index contributed by atoms with van der Waals surface area (Å²) in [6.45, 7) is 4.38. The van der Waals surface area contributed by atoms with Crippen molar-refractivity contribution in [2.45, 2.75) is 58.3 Å². The van der Waals surface area contributed by atoms with Crippen LogP contribution in [0.5, 0.6) is 0 Å². The van der Waals surface area contributed by atoms with Crippen LogP contribution in [0.3, 0.4) is 0 Å². The Hall–Kier alpha value is -0.370. The van der Waals surface area contributed by atoms with Gasteiger partial charge in [-0.25, -0.2) is 0 Å². The van der Waals surface area contributed by atoms with Gasteiger partial charge < -0.3 is 5.32 Å². The molecule has 0 aliphatic carbocycles. The number of rotatable bonds is 8. The molecule has 0 aromatic carbocycles. The molecule has 0 amide bonds. The third-order valence-electron chi connectivity index (χ3n) is 3.24. The first-order chi connectivity index (χ1) is 7.33. The van der Waals surface area contributed by atoms with Gasteiger partial charge in [-0.1, -0.05) is 32.6 Å². The molecule has 1 fully saturated rings. The molecule has 88 valence electrons. The van der Waals surface area contributed by atoms with E-state index in [-0.39, 0.29) is 0 Å². The average molecular weight is 211 g/mol. The maximum absolute atomic E-state index is 11.6. The van der Waals surface area contributed by atoms with E-state index in [2.05, 4.69) is 12.2 Å². The molecule has 1 heterocycles. The lowest BCUT2D eigenvalue weighted by molar-refractivity contribution is -0.119. The van der Waals surface area contributed by atoms with Crippen LogP contribution < -0.4 is 5.32 Å². The van der Waals surface area contributed by atoms with Gasteiger partial charge in [0.1, 0.15) is 5.78 Å². The van der Waals surface area contributed by atoms with Crippen LogP contribution in [0.4, 0.5) is 0 Å². The van der Waals surface area contributed by atoms with Crippen LogP contribution in [0.2, 0.25) is 0 Å². The minimum atomic E-state index is 0.486. The maximum atomic E-state index is 11.6. The Morgan fingerprint density at radius 1 is 1.27 bits per heavy atom. The van der Waals surface area contributed by atoms with Crippen molar-refractivity contribution in [3.05, 3.63) is 0 Å². The van der Waals surface area contributed by atoms with Gasteiger partial charge in [0.15, 0.2) is 0 Å². The molecule has 0 spiro atoms. The highest BCUT2D eigenvalue weighted by Crippen LogP contribution is 2.15. The average Bonchev–Trinajstić information content (AvgIpc) is 2.70. The van der Waals surface area contributed by atoms with Gasteiger partial charge in [-0.3, -0.25) is 4.79 Å². The van der Waals surface area contributed by atoms with Crippen molar-refractivity contribution in [3.8, 4) is 0 Å². The molecular formula is C13H25NO. The fourth-order valence-electron chi connectivity index (χ4n) is 2.24. The van der Waals surface area contributed by atoms with Crippen molar-refractivity contribution < 1.29 is 4.79 Å². The van der Waals surface area contributed by atoms with Crippen molar-refractivity contribution in [2.75, 3.05) is 13.1 Å². The number of nitrogens with one attached hydrogen (secondary N) is 1. The van der Waals surface area contributed by atoms with Crippen LogP contribution in [0.15, 0.2) is 0 Å². The van der Waals surface area contributed by atoms with Crippen molar-refractivity contribution in [1.29, 1.82) is 0 Å². The summed E-state index contributed by atoms with van der Waals surface area (Å²) in [5, 5.41) is 3.31. The van der Waals surface area contributed by atoms with Crippen molar-refractivity contribution >= 4 is 5.78 Å². The molecule has 2 nitrogen and oxygen atoms in total. The van der Waals surface area contributed by atoms with E-state index in [1.54, 1.807) is 0 Å². The minimum absolute atomic E-state index is 0.486. The molecule has 2 heteroatoms. The molecule has 1 saturated heterocycles. The second-order valence-corrected chi connectivity index (χ2v) is 4.77. The smallest absolute Gasteiger partial charge is 0.133 e. The minimum Gasteiger partial charge on any atom is -0.316 e.